The molecule has 4 nitrogen and oxygen atoms in total. The second-order valence-electron chi connectivity index (χ2n) is 6.18. The first-order valence-corrected chi connectivity index (χ1v) is 8.37. The molecule has 1 aromatic rings. The maximum atomic E-state index is 12.7. The van der Waals surface area contributed by atoms with Crippen molar-refractivity contribution in [2.75, 3.05) is 31.1 Å². The minimum Gasteiger partial charge on any atom is -0.369 e. The summed E-state index contributed by atoms with van der Waals surface area (Å²) in [7, 11) is 0. The van der Waals surface area contributed by atoms with Crippen LogP contribution in [0, 0.1) is 0 Å². The van der Waals surface area contributed by atoms with Gasteiger partial charge in [-0.05, 0) is 36.6 Å². The number of allylic oxidation sites excluding steroid dienone is 1. The van der Waals surface area contributed by atoms with Gasteiger partial charge < -0.3 is 15.1 Å². The van der Waals surface area contributed by atoms with Gasteiger partial charge in [0.15, 0.2) is 0 Å². The van der Waals surface area contributed by atoms with Gasteiger partial charge in [-0.2, -0.15) is 0 Å². The maximum Gasteiger partial charge on any atom is 0.254 e. The lowest BCUT2D eigenvalue weighted by atomic mass is 10.1. The Bertz CT molecular complexity index is 605. The Morgan fingerprint density at radius 3 is 2.74 bits per heavy atom. The van der Waals surface area contributed by atoms with E-state index in [4.69, 9.17) is 0 Å². The Kier molecular flexibility index (Phi) is 4.82. The SMILES string of the molecule is C=CCCC(C=C)N1Cc2cc(N3CCNCC3)ccc2C1=O. The zero-order chi connectivity index (χ0) is 16.2. The second kappa shape index (κ2) is 7.01. The number of fused-ring (bicyclic) bond motifs is 1. The molecule has 3 rings (SSSR count). The van der Waals surface area contributed by atoms with E-state index in [1.54, 1.807) is 0 Å². The predicted octanol–water partition coefficient (Wildman–Crippen LogP) is 2.57. The molecule has 2 aliphatic rings. The topological polar surface area (TPSA) is 35.6 Å². The highest BCUT2D eigenvalue weighted by atomic mass is 16.2. The Morgan fingerprint density at radius 1 is 1.26 bits per heavy atom. The fourth-order valence-corrected chi connectivity index (χ4v) is 3.41. The zero-order valence-corrected chi connectivity index (χ0v) is 13.6. The van der Waals surface area contributed by atoms with Gasteiger partial charge in [-0.25, -0.2) is 0 Å². The van der Waals surface area contributed by atoms with Crippen LogP contribution in [0.5, 0.6) is 0 Å². The van der Waals surface area contributed by atoms with Gasteiger partial charge in [0.25, 0.3) is 5.91 Å². The Balaban J connectivity index is 1.78. The number of carbonyl (C=O) groups is 1. The average molecular weight is 311 g/mol. The van der Waals surface area contributed by atoms with Crippen molar-refractivity contribution >= 4 is 11.6 Å². The lowest BCUT2D eigenvalue weighted by Gasteiger charge is -2.29. The fourth-order valence-electron chi connectivity index (χ4n) is 3.41. The van der Waals surface area contributed by atoms with Crippen molar-refractivity contribution in [1.29, 1.82) is 0 Å². The summed E-state index contributed by atoms with van der Waals surface area (Å²) < 4.78 is 0. The summed E-state index contributed by atoms with van der Waals surface area (Å²) in [4.78, 5) is 17.0. The lowest BCUT2D eigenvalue weighted by molar-refractivity contribution is 0.0732. The lowest BCUT2D eigenvalue weighted by Crippen LogP contribution is -2.43. The van der Waals surface area contributed by atoms with Crippen LogP contribution in [0.4, 0.5) is 5.69 Å². The average Bonchev–Trinajstić information content (AvgIpc) is 2.93. The van der Waals surface area contributed by atoms with Crippen molar-refractivity contribution in [3.63, 3.8) is 0 Å². The van der Waals surface area contributed by atoms with Crippen LogP contribution in [0.25, 0.3) is 0 Å². The standard InChI is InChI=1S/C19H25N3O/c1-3-5-6-16(4-2)22-14-15-13-17(7-8-18(15)19(22)23)21-11-9-20-10-12-21/h3-4,7-8,13,16,20H,1-2,5-6,9-12,14H2. The van der Waals surface area contributed by atoms with Gasteiger partial charge in [0.2, 0.25) is 0 Å². The number of hydrogen-bond acceptors (Lipinski definition) is 3. The van der Waals surface area contributed by atoms with E-state index in [0.717, 1.165) is 50.1 Å². The smallest absolute Gasteiger partial charge is 0.254 e. The molecule has 122 valence electrons. The van der Waals surface area contributed by atoms with Crippen molar-refractivity contribution in [2.45, 2.75) is 25.4 Å². The zero-order valence-electron chi connectivity index (χ0n) is 13.6. The van der Waals surface area contributed by atoms with Crippen LogP contribution in [0.2, 0.25) is 0 Å². The largest absolute Gasteiger partial charge is 0.369 e. The van der Waals surface area contributed by atoms with E-state index in [9.17, 15) is 4.79 Å². The van der Waals surface area contributed by atoms with Crippen LogP contribution in [0.1, 0.15) is 28.8 Å². The first-order valence-electron chi connectivity index (χ1n) is 8.37. The van der Waals surface area contributed by atoms with E-state index in [0.29, 0.717) is 6.54 Å². The molecule has 1 amide bonds. The monoisotopic (exact) mass is 311 g/mol. The van der Waals surface area contributed by atoms with E-state index in [1.807, 2.05) is 23.1 Å². The molecular formula is C19H25N3O. The first kappa shape index (κ1) is 15.8. The molecule has 2 aliphatic heterocycles. The third-order valence-electron chi connectivity index (χ3n) is 4.74. The van der Waals surface area contributed by atoms with E-state index in [-0.39, 0.29) is 11.9 Å². The molecule has 23 heavy (non-hydrogen) atoms. The van der Waals surface area contributed by atoms with E-state index < -0.39 is 0 Å². The summed E-state index contributed by atoms with van der Waals surface area (Å²) in [5, 5.41) is 3.37. The first-order chi connectivity index (χ1) is 11.2. The molecular weight excluding hydrogens is 286 g/mol. The molecule has 0 aromatic heterocycles. The van der Waals surface area contributed by atoms with Crippen LogP contribution >= 0.6 is 0 Å². The number of nitrogens with zero attached hydrogens (tertiary/aromatic N) is 2. The molecule has 0 aliphatic carbocycles. The second-order valence-corrected chi connectivity index (χ2v) is 6.18. The number of hydrogen-bond donors (Lipinski definition) is 1. The van der Waals surface area contributed by atoms with Crippen LogP contribution in [0.3, 0.4) is 0 Å². The predicted molar refractivity (Wildman–Crippen MR) is 94.8 cm³/mol. The Hall–Kier alpha value is -2.07. The number of piperazine rings is 1. The van der Waals surface area contributed by atoms with E-state index in [1.165, 1.54) is 5.69 Å². The van der Waals surface area contributed by atoms with E-state index in [2.05, 4.69) is 35.5 Å². The van der Waals surface area contributed by atoms with Crippen molar-refractivity contribution in [2.24, 2.45) is 0 Å². The third-order valence-corrected chi connectivity index (χ3v) is 4.74. The summed E-state index contributed by atoms with van der Waals surface area (Å²) in [6, 6.07) is 6.34. The molecule has 1 saturated heterocycles. The number of anilines is 1. The quantitative estimate of drug-likeness (QED) is 0.820. The van der Waals surface area contributed by atoms with Crippen LogP contribution in [-0.4, -0.2) is 43.0 Å². The number of benzene rings is 1. The summed E-state index contributed by atoms with van der Waals surface area (Å²) in [6.07, 6.45) is 5.55. The van der Waals surface area contributed by atoms with Crippen molar-refractivity contribution in [3.8, 4) is 0 Å². The summed E-state index contributed by atoms with van der Waals surface area (Å²) in [5.74, 6) is 0.126. The van der Waals surface area contributed by atoms with Gasteiger partial charge in [-0.15, -0.1) is 13.2 Å². The molecule has 1 unspecified atom stereocenters. The van der Waals surface area contributed by atoms with Gasteiger partial charge in [0.05, 0.1) is 6.04 Å². The van der Waals surface area contributed by atoms with Gasteiger partial charge in [0, 0.05) is 44.0 Å². The highest BCUT2D eigenvalue weighted by Crippen LogP contribution is 2.30. The molecule has 1 aromatic carbocycles. The molecule has 2 heterocycles. The number of carbonyl (C=O) groups excluding carboxylic acids is 1. The molecule has 1 N–H and O–H groups in total. The normalized spacial score (nSPS) is 18.7. The van der Waals surface area contributed by atoms with Gasteiger partial charge in [0.1, 0.15) is 0 Å². The van der Waals surface area contributed by atoms with Crippen LogP contribution < -0.4 is 10.2 Å². The number of nitrogens with one attached hydrogen (secondary N) is 1. The number of amides is 1. The Labute approximate surface area is 138 Å². The minimum atomic E-state index is 0.0792. The van der Waals surface area contributed by atoms with E-state index >= 15 is 0 Å². The number of rotatable bonds is 6. The molecule has 0 saturated carbocycles. The van der Waals surface area contributed by atoms with Crippen LogP contribution in [0.15, 0.2) is 43.5 Å². The van der Waals surface area contributed by atoms with Gasteiger partial charge in [-0.1, -0.05) is 12.2 Å². The Morgan fingerprint density at radius 2 is 2.04 bits per heavy atom. The molecule has 0 radical (unpaired) electrons. The van der Waals surface area contributed by atoms with Gasteiger partial charge in [-0.3, -0.25) is 4.79 Å². The highest BCUT2D eigenvalue weighted by molar-refractivity contribution is 5.99. The third kappa shape index (κ3) is 3.17. The molecule has 1 atom stereocenters. The molecule has 1 fully saturated rings. The van der Waals surface area contributed by atoms with Crippen molar-refractivity contribution in [3.05, 3.63) is 54.6 Å². The van der Waals surface area contributed by atoms with Crippen molar-refractivity contribution < 1.29 is 4.79 Å². The molecule has 0 bridgehead atoms. The van der Waals surface area contributed by atoms with Crippen LogP contribution in [-0.2, 0) is 6.54 Å². The molecule has 4 heteroatoms. The summed E-state index contributed by atoms with van der Waals surface area (Å²) in [5.41, 5.74) is 3.20. The molecule has 0 spiro atoms. The summed E-state index contributed by atoms with van der Waals surface area (Å²) in [6.45, 7) is 12.4. The highest BCUT2D eigenvalue weighted by Gasteiger charge is 2.31. The fraction of sp³-hybridized carbons (Fsp3) is 0.421. The maximum absolute atomic E-state index is 12.7. The van der Waals surface area contributed by atoms with Gasteiger partial charge >= 0.3 is 0 Å². The summed E-state index contributed by atoms with van der Waals surface area (Å²) >= 11 is 0. The minimum absolute atomic E-state index is 0.0792. The van der Waals surface area contributed by atoms with Crippen molar-refractivity contribution in [1.82, 2.24) is 10.2 Å².